The zero-order valence-corrected chi connectivity index (χ0v) is 11.1. The number of nitrogens with zero attached hydrogens (tertiary/aromatic N) is 3. The van der Waals surface area contributed by atoms with E-state index in [1.54, 1.807) is 0 Å². The Morgan fingerprint density at radius 1 is 1.30 bits per heavy atom. The van der Waals surface area contributed by atoms with E-state index in [0.717, 1.165) is 28.4 Å². The van der Waals surface area contributed by atoms with Crippen LogP contribution < -0.4 is 0 Å². The number of benzene rings is 1. The van der Waals surface area contributed by atoms with Gasteiger partial charge in [0.05, 0.1) is 22.7 Å². The van der Waals surface area contributed by atoms with Crippen LogP contribution in [0.1, 0.15) is 30.2 Å². The van der Waals surface area contributed by atoms with Crippen molar-refractivity contribution in [2.45, 2.75) is 25.8 Å². The van der Waals surface area contributed by atoms with Crippen molar-refractivity contribution in [3.8, 4) is 17.7 Å². The number of nitriles is 1. The van der Waals surface area contributed by atoms with Crippen LogP contribution in [0.5, 0.6) is 0 Å². The zero-order valence-electron chi connectivity index (χ0n) is 11.1. The summed E-state index contributed by atoms with van der Waals surface area (Å²) in [6, 6.07) is 12.3. The van der Waals surface area contributed by atoms with Crippen molar-refractivity contribution in [3.05, 3.63) is 41.7 Å². The molecule has 0 amide bonds. The molecule has 2 aromatic heterocycles. The molecule has 20 heavy (non-hydrogen) atoms. The average Bonchev–Trinajstić information content (AvgIpc) is 3.09. The van der Waals surface area contributed by atoms with E-state index in [-0.39, 0.29) is 0 Å². The standard InChI is InChI=1S/C16H13N3O/c1-10-2-7-15(20-10)16-18-13-8-11(9-17)3-6-14(13)19(16)12-4-5-12/h2-3,6-8,12H,4-5H2,1H3. The average molecular weight is 263 g/mol. The Balaban J connectivity index is 1.99. The molecule has 0 bridgehead atoms. The Labute approximate surface area is 116 Å². The summed E-state index contributed by atoms with van der Waals surface area (Å²) >= 11 is 0. The summed E-state index contributed by atoms with van der Waals surface area (Å²) in [5, 5.41) is 9.01. The molecule has 0 radical (unpaired) electrons. The van der Waals surface area contributed by atoms with Crippen LogP contribution in [0.25, 0.3) is 22.6 Å². The van der Waals surface area contributed by atoms with E-state index >= 15 is 0 Å². The minimum Gasteiger partial charge on any atom is -0.458 e. The summed E-state index contributed by atoms with van der Waals surface area (Å²) in [4.78, 5) is 4.68. The van der Waals surface area contributed by atoms with E-state index in [2.05, 4.69) is 15.6 Å². The maximum Gasteiger partial charge on any atom is 0.177 e. The number of fused-ring (bicyclic) bond motifs is 1. The maximum absolute atomic E-state index is 9.01. The molecule has 4 nitrogen and oxygen atoms in total. The molecular weight excluding hydrogens is 250 g/mol. The topological polar surface area (TPSA) is 54.8 Å². The highest BCUT2D eigenvalue weighted by Crippen LogP contribution is 2.41. The molecule has 0 saturated heterocycles. The molecule has 0 aliphatic heterocycles. The van der Waals surface area contributed by atoms with E-state index in [9.17, 15) is 0 Å². The molecule has 0 unspecified atom stereocenters. The second-order valence-electron chi connectivity index (χ2n) is 5.26. The first-order valence-electron chi connectivity index (χ1n) is 6.75. The highest BCUT2D eigenvalue weighted by molar-refractivity contribution is 5.81. The summed E-state index contributed by atoms with van der Waals surface area (Å²) in [7, 11) is 0. The van der Waals surface area contributed by atoms with E-state index in [0.29, 0.717) is 11.6 Å². The summed E-state index contributed by atoms with van der Waals surface area (Å²) < 4.78 is 7.97. The number of aryl methyl sites for hydroxylation is 1. The zero-order chi connectivity index (χ0) is 13.7. The first kappa shape index (κ1) is 11.3. The maximum atomic E-state index is 9.01. The van der Waals surface area contributed by atoms with Gasteiger partial charge in [0.15, 0.2) is 11.6 Å². The molecule has 98 valence electrons. The van der Waals surface area contributed by atoms with Crippen LogP contribution >= 0.6 is 0 Å². The van der Waals surface area contributed by atoms with Crippen molar-refractivity contribution in [1.82, 2.24) is 9.55 Å². The first-order valence-corrected chi connectivity index (χ1v) is 6.75. The number of rotatable bonds is 2. The van der Waals surface area contributed by atoms with Crippen molar-refractivity contribution in [3.63, 3.8) is 0 Å². The Hall–Kier alpha value is -2.54. The number of furan rings is 1. The van der Waals surface area contributed by atoms with Gasteiger partial charge in [0, 0.05) is 6.04 Å². The molecule has 0 spiro atoms. The third-order valence-corrected chi connectivity index (χ3v) is 3.69. The third kappa shape index (κ3) is 1.64. The molecule has 0 N–H and O–H groups in total. The smallest absolute Gasteiger partial charge is 0.177 e. The van der Waals surface area contributed by atoms with Gasteiger partial charge in [-0.3, -0.25) is 0 Å². The van der Waals surface area contributed by atoms with Gasteiger partial charge in [0.25, 0.3) is 0 Å². The van der Waals surface area contributed by atoms with Gasteiger partial charge in [-0.25, -0.2) is 4.98 Å². The number of hydrogen-bond donors (Lipinski definition) is 0. The minimum atomic E-state index is 0.508. The van der Waals surface area contributed by atoms with Crippen LogP contribution in [0, 0.1) is 18.3 Å². The van der Waals surface area contributed by atoms with E-state index in [1.165, 1.54) is 12.8 Å². The molecule has 2 heterocycles. The molecule has 1 aromatic carbocycles. The summed E-state index contributed by atoms with van der Waals surface area (Å²) in [6.45, 7) is 1.93. The summed E-state index contributed by atoms with van der Waals surface area (Å²) in [5.74, 6) is 2.54. The van der Waals surface area contributed by atoms with Crippen molar-refractivity contribution in [1.29, 1.82) is 5.26 Å². The van der Waals surface area contributed by atoms with Crippen LogP contribution in [0.15, 0.2) is 34.7 Å². The summed E-state index contributed by atoms with van der Waals surface area (Å²) in [6.07, 6.45) is 2.36. The van der Waals surface area contributed by atoms with Crippen LogP contribution in [0.2, 0.25) is 0 Å². The summed E-state index contributed by atoms with van der Waals surface area (Å²) in [5.41, 5.74) is 2.58. The molecule has 1 saturated carbocycles. The lowest BCUT2D eigenvalue weighted by Gasteiger charge is -2.05. The Morgan fingerprint density at radius 2 is 2.15 bits per heavy atom. The molecule has 4 rings (SSSR count). The van der Waals surface area contributed by atoms with Crippen LogP contribution in [0.3, 0.4) is 0 Å². The van der Waals surface area contributed by atoms with E-state index < -0.39 is 0 Å². The molecular formula is C16H13N3O. The molecule has 1 fully saturated rings. The molecule has 4 heteroatoms. The predicted molar refractivity (Wildman–Crippen MR) is 75.2 cm³/mol. The van der Waals surface area contributed by atoms with Gasteiger partial charge in [-0.2, -0.15) is 5.26 Å². The van der Waals surface area contributed by atoms with Crippen molar-refractivity contribution >= 4 is 11.0 Å². The van der Waals surface area contributed by atoms with Gasteiger partial charge >= 0.3 is 0 Å². The fraction of sp³-hybridized carbons (Fsp3) is 0.250. The lowest BCUT2D eigenvalue weighted by molar-refractivity contribution is 0.539. The monoisotopic (exact) mass is 263 g/mol. The van der Waals surface area contributed by atoms with Gasteiger partial charge in [-0.15, -0.1) is 0 Å². The van der Waals surface area contributed by atoms with Gasteiger partial charge in [-0.05, 0) is 50.1 Å². The SMILES string of the molecule is Cc1ccc(-c2nc3cc(C#N)ccc3n2C2CC2)o1. The first-order chi connectivity index (χ1) is 9.76. The van der Waals surface area contributed by atoms with Gasteiger partial charge in [0.1, 0.15) is 5.76 Å². The molecule has 0 atom stereocenters. The van der Waals surface area contributed by atoms with Crippen LogP contribution in [0.4, 0.5) is 0 Å². The number of aromatic nitrogens is 2. The normalized spacial score (nSPS) is 14.6. The lowest BCUT2D eigenvalue weighted by Crippen LogP contribution is -1.96. The Bertz CT molecular complexity index is 846. The fourth-order valence-corrected chi connectivity index (χ4v) is 2.60. The van der Waals surface area contributed by atoms with E-state index in [4.69, 9.17) is 9.68 Å². The molecule has 1 aliphatic carbocycles. The second-order valence-corrected chi connectivity index (χ2v) is 5.26. The molecule has 3 aromatic rings. The van der Waals surface area contributed by atoms with Crippen LogP contribution in [-0.2, 0) is 0 Å². The fourth-order valence-electron chi connectivity index (χ4n) is 2.60. The van der Waals surface area contributed by atoms with Crippen molar-refractivity contribution in [2.75, 3.05) is 0 Å². The quantitative estimate of drug-likeness (QED) is 0.706. The highest BCUT2D eigenvalue weighted by Gasteiger charge is 2.29. The van der Waals surface area contributed by atoms with Gasteiger partial charge in [0.2, 0.25) is 0 Å². The van der Waals surface area contributed by atoms with Gasteiger partial charge in [-0.1, -0.05) is 0 Å². The van der Waals surface area contributed by atoms with Crippen molar-refractivity contribution in [2.24, 2.45) is 0 Å². The Kier molecular flexibility index (Phi) is 2.25. The van der Waals surface area contributed by atoms with E-state index in [1.807, 2.05) is 37.3 Å². The highest BCUT2D eigenvalue weighted by atomic mass is 16.3. The minimum absolute atomic E-state index is 0.508. The largest absolute Gasteiger partial charge is 0.458 e. The third-order valence-electron chi connectivity index (χ3n) is 3.69. The number of imidazole rings is 1. The van der Waals surface area contributed by atoms with Crippen molar-refractivity contribution < 1.29 is 4.42 Å². The molecule has 1 aliphatic rings. The predicted octanol–water partition coefficient (Wildman–Crippen LogP) is 3.81. The van der Waals surface area contributed by atoms with Crippen LogP contribution in [-0.4, -0.2) is 9.55 Å². The lowest BCUT2D eigenvalue weighted by atomic mass is 10.2. The number of hydrogen-bond acceptors (Lipinski definition) is 3. The van der Waals surface area contributed by atoms with Gasteiger partial charge < -0.3 is 8.98 Å². The second kappa shape index (κ2) is 3.97. The Morgan fingerprint density at radius 3 is 2.80 bits per heavy atom.